The van der Waals surface area contributed by atoms with E-state index in [0.29, 0.717) is 5.82 Å². The third-order valence-electron chi connectivity index (χ3n) is 4.73. The Hall–Kier alpha value is -2.11. The van der Waals surface area contributed by atoms with Crippen LogP contribution >= 0.6 is 34.8 Å². The number of alkyl halides is 3. The summed E-state index contributed by atoms with van der Waals surface area (Å²) in [5.74, 6) is 0.284. The van der Waals surface area contributed by atoms with E-state index in [-0.39, 0.29) is 30.8 Å². The van der Waals surface area contributed by atoms with Crippen LogP contribution in [0.2, 0.25) is 0 Å². The summed E-state index contributed by atoms with van der Waals surface area (Å²) in [6.45, 7) is 4.90. The number of Topliss-reactive ketones (excluding diaryl/α,β-unsaturated/α-hetero) is 1. The maximum Gasteiger partial charge on any atom is 0.414 e. The molecular weight excluding hydrogens is 451 g/mol. The lowest BCUT2D eigenvalue weighted by molar-refractivity contribution is -0.126. The predicted octanol–water partition coefficient (Wildman–Crippen LogP) is 0.309. The van der Waals surface area contributed by atoms with Crippen LogP contribution < -0.4 is 21.7 Å². The fourth-order valence-corrected chi connectivity index (χ4v) is 3.96. The molecule has 5 N–H and O–H groups in total. The normalized spacial score (nSPS) is 30.6. The number of ketones is 1. The van der Waals surface area contributed by atoms with E-state index in [2.05, 4.69) is 27.5 Å². The van der Waals surface area contributed by atoms with Crippen molar-refractivity contribution in [1.29, 1.82) is 0 Å². The first-order valence-electron chi connectivity index (χ1n) is 8.51. The van der Waals surface area contributed by atoms with Crippen molar-refractivity contribution in [1.82, 2.24) is 20.9 Å². The highest BCUT2D eigenvalue weighted by Gasteiger charge is 2.65. The third kappa shape index (κ3) is 4.12. The first-order valence-corrected chi connectivity index (χ1v) is 9.64. The molecular formula is C15H19Cl3N6O5. The molecule has 1 spiro atoms. The number of halogens is 3. The highest BCUT2D eigenvalue weighted by molar-refractivity contribution is 6.67. The zero-order valence-electron chi connectivity index (χ0n) is 15.2. The zero-order chi connectivity index (χ0) is 21.6. The second-order valence-electron chi connectivity index (χ2n) is 6.80. The van der Waals surface area contributed by atoms with Crippen LogP contribution in [0.3, 0.4) is 0 Å². The Labute approximate surface area is 180 Å². The minimum atomic E-state index is -1.79. The summed E-state index contributed by atoms with van der Waals surface area (Å²) >= 11 is 16.8. The number of carbonyl (C=O) groups excluding carboxylic acids is 3. The van der Waals surface area contributed by atoms with Gasteiger partial charge in [-0.05, 0) is 6.92 Å². The van der Waals surface area contributed by atoms with E-state index in [1.165, 1.54) is 0 Å². The number of nitrogens with zero attached hydrogens (tertiary/aromatic N) is 2. The Bertz CT molecular complexity index is 787. The van der Waals surface area contributed by atoms with Crippen LogP contribution in [0.15, 0.2) is 17.4 Å². The summed E-state index contributed by atoms with van der Waals surface area (Å²) in [5, 5.41) is 8.58. The van der Waals surface area contributed by atoms with Gasteiger partial charge in [-0.3, -0.25) is 10.1 Å². The highest BCUT2D eigenvalue weighted by Crippen LogP contribution is 2.40. The molecule has 11 nitrogen and oxygen atoms in total. The molecule has 3 aliphatic rings. The van der Waals surface area contributed by atoms with Gasteiger partial charge in [0.05, 0.1) is 5.82 Å². The molecule has 3 aliphatic heterocycles. The Morgan fingerprint density at radius 2 is 2.14 bits per heavy atom. The maximum absolute atomic E-state index is 13.0. The van der Waals surface area contributed by atoms with Gasteiger partial charge in [0, 0.05) is 12.5 Å². The number of primary amides is 1. The van der Waals surface area contributed by atoms with E-state index >= 15 is 0 Å². The molecule has 0 bridgehead atoms. The number of rotatable bonds is 3. The number of aliphatic imine (C=N–C) groups is 1. The van der Waals surface area contributed by atoms with Crippen LogP contribution in [0.25, 0.3) is 0 Å². The van der Waals surface area contributed by atoms with E-state index < -0.39 is 40.3 Å². The average molecular weight is 470 g/mol. The minimum absolute atomic E-state index is 0.0380. The second kappa shape index (κ2) is 7.62. The average Bonchev–Trinajstić information content (AvgIpc) is 3.06. The highest BCUT2D eigenvalue weighted by atomic mass is 35.6. The topological polar surface area (TPSA) is 147 Å². The molecule has 0 aromatic carbocycles. The van der Waals surface area contributed by atoms with Crippen molar-refractivity contribution in [2.45, 2.75) is 40.9 Å². The second-order valence-corrected chi connectivity index (χ2v) is 9.32. The summed E-state index contributed by atoms with van der Waals surface area (Å²) in [4.78, 5) is 42.3. The van der Waals surface area contributed by atoms with Crippen LogP contribution in [0.4, 0.5) is 9.59 Å². The van der Waals surface area contributed by atoms with Gasteiger partial charge in [0.1, 0.15) is 25.3 Å². The summed E-state index contributed by atoms with van der Waals surface area (Å²) in [5.41, 5.74) is 3.78. The first kappa shape index (κ1) is 21.6. The molecule has 3 heterocycles. The van der Waals surface area contributed by atoms with Gasteiger partial charge in [-0.15, -0.1) is 0 Å². The largest absolute Gasteiger partial charge is 0.447 e. The molecule has 0 aromatic rings. The fraction of sp³-hybridized carbons (Fsp3) is 0.600. The summed E-state index contributed by atoms with van der Waals surface area (Å²) < 4.78 is 7.98. The number of carbonyl (C=O) groups is 3. The Morgan fingerprint density at radius 3 is 2.76 bits per heavy atom. The molecule has 4 atom stereocenters. The van der Waals surface area contributed by atoms with Crippen molar-refractivity contribution < 1.29 is 23.9 Å². The van der Waals surface area contributed by atoms with Gasteiger partial charge in [0.2, 0.25) is 9.75 Å². The van der Waals surface area contributed by atoms with Crippen LogP contribution in [0.5, 0.6) is 0 Å². The predicted molar refractivity (Wildman–Crippen MR) is 104 cm³/mol. The molecule has 3 rings (SSSR count). The van der Waals surface area contributed by atoms with Crippen molar-refractivity contribution in [3.8, 4) is 0 Å². The summed E-state index contributed by atoms with van der Waals surface area (Å²) in [6, 6.07) is -1.69. The fourth-order valence-electron chi connectivity index (χ4n) is 3.80. The lowest BCUT2D eigenvalue weighted by Crippen LogP contribution is -2.73. The first-order chi connectivity index (χ1) is 13.4. The van der Waals surface area contributed by atoms with Crippen molar-refractivity contribution in [3.63, 3.8) is 0 Å². The number of nitrogens with one attached hydrogen (secondary N) is 3. The van der Waals surface area contributed by atoms with Crippen LogP contribution in [-0.2, 0) is 14.3 Å². The van der Waals surface area contributed by atoms with E-state index in [9.17, 15) is 14.4 Å². The van der Waals surface area contributed by atoms with Crippen molar-refractivity contribution in [3.05, 3.63) is 12.4 Å². The monoisotopic (exact) mass is 468 g/mol. The van der Waals surface area contributed by atoms with Crippen LogP contribution in [-0.4, -0.2) is 69.6 Å². The third-order valence-corrected chi connectivity index (χ3v) is 5.05. The van der Waals surface area contributed by atoms with Crippen molar-refractivity contribution in [2.24, 2.45) is 10.7 Å². The van der Waals surface area contributed by atoms with Gasteiger partial charge in [-0.25, -0.2) is 14.6 Å². The smallest absolute Gasteiger partial charge is 0.414 e. The van der Waals surface area contributed by atoms with E-state index in [1.54, 1.807) is 11.8 Å². The number of ether oxygens (including phenoxy) is 2. The van der Waals surface area contributed by atoms with Crippen molar-refractivity contribution in [2.75, 3.05) is 13.2 Å². The van der Waals surface area contributed by atoms with Crippen LogP contribution in [0.1, 0.15) is 13.3 Å². The zero-order valence-corrected chi connectivity index (χ0v) is 17.5. The molecule has 2 saturated heterocycles. The minimum Gasteiger partial charge on any atom is -0.447 e. The van der Waals surface area contributed by atoms with Crippen molar-refractivity contribution >= 4 is 58.7 Å². The van der Waals surface area contributed by atoms with Gasteiger partial charge in [-0.2, -0.15) is 0 Å². The van der Waals surface area contributed by atoms with E-state index in [0.717, 1.165) is 0 Å². The molecule has 2 unspecified atom stereocenters. The lowest BCUT2D eigenvalue weighted by atomic mass is 9.90. The SMILES string of the molecule is C=C1NC2[C@H](COC(N)=O)N=C(NC(=O)OCC(Cl)(Cl)Cl)N3[C@@H](C)CC(=O)C23N1. The quantitative estimate of drug-likeness (QED) is 0.432. The number of hydrogen-bond acceptors (Lipinski definition) is 9. The number of hydrogen-bond donors (Lipinski definition) is 4. The Balaban J connectivity index is 1.92. The van der Waals surface area contributed by atoms with Gasteiger partial charge >= 0.3 is 12.2 Å². The standard InChI is InChI=1S/C15H19Cl3N6O5/c1-6-3-9(25)15-10(20-7(2)23-15)8(4-28-11(19)26)21-12(24(6)15)22-13(27)29-5-14(16,17)18/h6,8,10,20,23H,2-5H2,1H3,(H2,19,26)(H,21,22,27)/t6-,8-,10?,15?/m0/s1. The molecule has 2 amide bonds. The van der Waals surface area contributed by atoms with Gasteiger partial charge < -0.3 is 30.7 Å². The van der Waals surface area contributed by atoms with Gasteiger partial charge in [-0.1, -0.05) is 41.4 Å². The molecule has 29 heavy (non-hydrogen) atoms. The van der Waals surface area contributed by atoms with E-state index in [1.807, 2.05) is 0 Å². The molecule has 2 fully saturated rings. The number of guanidine groups is 1. The van der Waals surface area contributed by atoms with Gasteiger partial charge in [0.15, 0.2) is 11.4 Å². The maximum atomic E-state index is 13.0. The summed E-state index contributed by atoms with van der Waals surface area (Å²) in [7, 11) is 0. The Kier molecular flexibility index (Phi) is 5.67. The molecule has 160 valence electrons. The summed E-state index contributed by atoms with van der Waals surface area (Å²) in [6.07, 6.45) is -1.75. The number of nitrogens with two attached hydrogens (primary N) is 1. The molecule has 0 aromatic heterocycles. The lowest BCUT2D eigenvalue weighted by Gasteiger charge is -2.46. The van der Waals surface area contributed by atoms with Crippen LogP contribution in [0, 0.1) is 0 Å². The molecule has 14 heteroatoms. The molecule has 0 radical (unpaired) electrons. The number of alkyl carbamates (subject to hydrolysis) is 1. The van der Waals surface area contributed by atoms with E-state index in [4.69, 9.17) is 50.0 Å². The molecule has 0 aliphatic carbocycles. The Morgan fingerprint density at radius 1 is 1.45 bits per heavy atom. The van der Waals surface area contributed by atoms with Gasteiger partial charge in [0.25, 0.3) is 0 Å². The molecule has 0 saturated carbocycles. The number of amides is 2.